The molecule has 1 aromatic carbocycles. The van der Waals surface area contributed by atoms with E-state index in [1.54, 1.807) is 12.4 Å². The molecule has 3 aromatic rings. The molecule has 0 saturated carbocycles. The van der Waals surface area contributed by atoms with Gasteiger partial charge in [-0.1, -0.05) is 18.2 Å². The minimum Gasteiger partial charge on any atom is -0.373 e. The van der Waals surface area contributed by atoms with Crippen LogP contribution in [0.15, 0.2) is 54.9 Å². The predicted octanol–water partition coefficient (Wildman–Crippen LogP) is 3.48. The van der Waals surface area contributed by atoms with Gasteiger partial charge in [-0.05, 0) is 36.2 Å². The third-order valence-corrected chi connectivity index (χ3v) is 6.99. The maximum Gasteiger partial charge on any atom is 0.270 e. The monoisotopic (exact) mass is 379 g/mol. The van der Waals surface area contributed by atoms with Crippen molar-refractivity contribution in [3.05, 3.63) is 66.1 Å². The topological polar surface area (TPSA) is 58.2 Å². The molecular weight excluding hydrogens is 358 g/mol. The van der Waals surface area contributed by atoms with Crippen molar-refractivity contribution < 1.29 is 9.53 Å². The van der Waals surface area contributed by atoms with Gasteiger partial charge in [0, 0.05) is 42.1 Å². The summed E-state index contributed by atoms with van der Waals surface area (Å²) < 4.78 is 6.25. The Kier molecular flexibility index (Phi) is 4.17. The van der Waals surface area contributed by atoms with Crippen LogP contribution in [-0.4, -0.2) is 50.5 Å². The van der Waals surface area contributed by atoms with Crippen LogP contribution in [0.3, 0.4) is 0 Å². The second kappa shape index (κ2) is 6.69. The Bertz CT molecular complexity index is 933. The number of H-pyrrole nitrogens is 1. The number of carbonyl (C=O) groups is 1. The van der Waals surface area contributed by atoms with Crippen LogP contribution in [0.5, 0.6) is 0 Å². The number of ether oxygens (including phenoxy) is 1. The van der Waals surface area contributed by atoms with Gasteiger partial charge >= 0.3 is 0 Å². The lowest BCUT2D eigenvalue weighted by molar-refractivity contribution is 0.0253. The highest BCUT2D eigenvalue weighted by molar-refractivity contribution is 8.01. The van der Waals surface area contributed by atoms with E-state index in [2.05, 4.69) is 9.97 Å². The summed E-state index contributed by atoms with van der Waals surface area (Å²) in [4.78, 5) is 22.0. The summed E-state index contributed by atoms with van der Waals surface area (Å²) in [6.07, 6.45) is 4.86. The van der Waals surface area contributed by atoms with E-state index in [0.29, 0.717) is 12.3 Å². The Balaban J connectivity index is 1.17. The average Bonchev–Trinajstić information content (AvgIpc) is 3.30. The van der Waals surface area contributed by atoms with E-state index in [1.807, 2.05) is 59.1 Å². The molecule has 0 aliphatic carbocycles. The number of para-hydroxylation sites is 1. The zero-order valence-electron chi connectivity index (χ0n) is 14.9. The molecule has 4 heterocycles. The van der Waals surface area contributed by atoms with E-state index in [4.69, 9.17) is 4.74 Å². The van der Waals surface area contributed by atoms with Crippen molar-refractivity contribution in [3.8, 4) is 0 Å². The van der Waals surface area contributed by atoms with Crippen molar-refractivity contribution in [1.82, 2.24) is 14.9 Å². The van der Waals surface area contributed by atoms with Crippen LogP contribution in [0, 0.1) is 0 Å². The minimum atomic E-state index is 0.0959. The minimum absolute atomic E-state index is 0.0959. The van der Waals surface area contributed by atoms with Gasteiger partial charge in [-0.2, -0.15) is 0 Å². The van der Waals surface area contributed by atoms with E-state index >= 15 is 0 Å². The Morgan fingerprint density at radius 1 is 1.26 bits per heavy atom. The SMILES string of the molecule is O=C(c1cc2ccccc2[nH]1)N1CC2(CC(OCc3ccncc3)CS2)C1. The lowest BCUT2D eigenvalue weighted by Crippen LogP contribution is -2.60. The molecule has 27 heavy (non-hydrogen) atoms. The van der Waals surface area contributed by atoms with E-state index in [-0.39, 0.29) is 16.8 Å². The zero-order chi connectivity index (χ0) is 18.3. The van der Waals surface area contributed by atoms with E-state index in [9.17, 15) is 4.79 Å². The van der Waals surface area contributed by atoms with Crippen molar-refractivity contribution in [2.75, 3.05) is 18.8 Å². The lowest BCUT2D eigenvalue weighted by atomic mass is 9.92. The molecule has 2 fully saturated rings. The number of amides is 1. The number of rotatable bonds is 4. The maximum atomic E-state index is 12.8. The van der Waals surface area contributed by atoms with Gasteiger partial charge in [0.1, 0.15) is 5.69 Å². The normalized spacial score (nSPS) is 20.9. The van der Waals surface area contributed by atoms with Gasteiger partial charge in [-0.15, -0.1) is 11.8 Å². The fourth-order valence-corrected chi connectivity index (χ4v) is 5.53. The molecule has 6 heteroatoms. The first-order valence-electron chi connectivity index (χ1n) is 9.22. The summed E-state index contributed by atoms with van der Waals surface area (Å²) in [5.74, 6) is 1.10. The van der Waals surface area contributed by atoms with Crippen LogP contribution >= 0.6 is 11.8 Å². The largest absolute Gasteiger partial charge is 0.373 e. The van der Waals surface area contributed by atoms with Gasteiger partial charge < -0.3 is 14.6 Å². The Labute approximate surface area is 162 Å². The first-order valence-corrected chi connectivity index (χ1v) is 10.2. The molecule has 2 aliphatic rings. The number of fused-ring (bicyclic) bond motifs is 1. The van der Waals surface area contributed by atoms with Gasteiger partial charge in [-0.25, -0.2) is 0 Å². The van der Waals surface area contributed by atoms with E-state index in [1.165, 1.54) is 0 Å². The number of aromatic nitrogens is 2. The van der Waals surface area contributed by atoms with Gasteiger partial charge in [0.05, 0.1) is 17.5 Å². The highest BCUT2D eigenvalue weighted by Gasteiger charge is 2.51. The molecule has 5 rings (SSSR count). The summed E-state index contributed by atoms with van der Waals surface area (Å²) in [5, 5.41) is 1.08. The van der Waals surface area contributed by atoms with Crippen molar-refractivity contribution in [2.24, 2.45) is 0 Å². The molecule has 1 atom stereocenters. The standard InChI is InChI=1S/C21H21N3O2S/c25-20(19-9-16-3-1-2-4-18(16)23-19)24-13-21(14-24)10-17(12-27-21)26-11-15-5-7-22-8-6-15/h1-9,17,23H,10-14H2. The maximum absolute atomic E-state index is 12.8. The molecular formula is C21H21N3O2S. The second-order valence-electron chi connectivity index (χ2n) is 7.42. The van der Waals surface area contributed by atoms with Crippen LogP contribution in [-0.2, 0) is 11.3 Å². The van der Waals surface area contributed by atoms with Crippen LogP contribution in [0.25, 0.3) is 10.9 Å². The number of aromatic amines is 1. The number of nitrogens with zero attached hydrogens (tertiary/aromatic N) is 2. The Hall–Kier alpha value is -2.31. The molecule has 1 spiro atoms. The summed E-state index contributed by atoms with van der Waals surface area (Å²) in [7, 11) is 0. The number of thioether (sulfide) groups is 1. The zero-order valence-corrected chi connectivity index (χ0v) is 15.7. The smallest absolute Gasteiger partial charge is 0.270 e. The quantitative estimate of drug-likeness (QED) is 0.754. The van der Waals surface area contributed by atoms with E-state index in [0.717, 1.165) is 41.7 Å². The van der Waals surface area contributed by atoms with Crippen molar-refractivity contribution in [3.63, 3.8) is 0 Å². The molecule has 2 aliphatic heterocycles. The van der Waals surface area contributed by atoms with Crippen molar-refractivity contribution in [1.29, 1.82) is 0 Å². The number of benzene rings is 1. The van der Waals surface area contributed by atoms with Crippen molar-refractivity contribution >= 4 is 28.6 Å². The van der Waals surface area contributed by atoms with E-state index < -0.39 is 0 Å². The Morgan fingerprint density at radius 3 is 2.89 bits per heavy atom. The highest BCUT2D eigenvalue weighted by atomic mass is 32.2. The van der Waals surface area contributed by atoms with Gasteiger partial charge in [0.15, 0.2) is 0 Å². The van der Waals surface area contributed by atoms with Crippen LogP contribution in [0.1, 0.15) is 22.5 Å². The van der Waals surface area contributed by atoms with Crippen LogP contribution in [0.4, 0.5) is 0 Å². The molecule has 2 saturated heterocycles. The summed E-state index contributed by atoms with van der Waals surface area (Å²) >= 11 is 1.95. The molecule has 0 bridgehead atoms. The second-order valence-corrected chi connectivity index (χ2v) is 8.91. The Morgan fingerprint density at radius 2 is 2.07 bits per heavy atom. The number of carbonyl (C=O) groups excluding carboxylic acids is 1. The molecule has 5 nitrogen and oxygen atoms in total. The summed E-state index contributed by atoms with van der Waals surface area (Å²) in [6, 6.07) is 13.9. The number of pyridine rings is 1. The summed E-state index contributed by atoms with van der Waals surface area (Å²) in [5.41, 5.74) is 2.84. The van der Waals surface area contributed by atoms with Crippen molar-refractivity contribution in [2.45, 2.75) is 23.9 Å². The predicted molar refractivity (Wildman–Crippen MR) is 107 cm³/mol. The molecule has 1 N–H and O–H groups in total. The van der Waals surface area contributed by atoms with Gasteiger partial charge in [0.25, 0.3) is 5.91 Å². The third-order valence-electron chi connectivity index (χ3n) is 5.42. The highest BCUT2D eigenvalue weighted by Crippen LogP contribution is 2.46. The molecule has 0 radical (unpaired) electrons. The van der Waals surface area contributed by atoms with Gasteiger partial charge in [-0.3, -0.25) is 9.78 Å². The average molecular weight is 379 g/mol. The number of hydrogen-bond acceptors (Lipinski definition) is 4. The summed E-state index contributed by atoms with van der Waals surface area (Å²) in [6.45, 7) is 2.24. The third kappa shape index (κ3) is 3.24. The van der Waals surface area contributed by atoms with Gasteiger partial charge in [0.2, 0.25) is 0 Å². The fourth-order valence-electron chi connectivity index (χ4n) is 3.97. The molecule has 138 valence electrons. The van der Waals surface area contributed by atoms with Crippen LogP contribution < -0.4 is 0 Å². The molecule has 1 amide bonds. The number of likely N-dealkylation sites (tertiary alicyclic amines) is 1. The number of hydrogen-bond donors (Lipinski definition) is 1. The molecule has 1 unspecified atom stereocenters. The first kappa shape index (κ1) is 16.8. The fraction of sp³-hybridized carbons (Fsp3) is 0.333. The lowest BCUT2D eigenvalue weighted by Gasteiger charge is -2.47. The number of nitrogens with one attached hydrogen (secondary N) is 1. The van der Waals surface area contributed by atoms with Crippen LogP contribution in [0.2, 0.25) is 0 Å². The first-order chi connectivity index (χ1) is 13.2. The molecule has 2 aromatic heterocycles.